The minimum Gasteiger partial charge on any atom is -0.308 e. The van der Waals surface area contributed by atoms with E-state index in [1.54, 1.807) is 0 Å². The second-order valence-electron chi connectivity index (χ2n) is 15.3. The van der Waals surface area contributed by atoms with Crippen molar-refractivity contribution in [3.8, 4) is 51.0 Å². The summed E-state index contributed by atoms with van der Waals surface area (Å²) in [4.78, 5) is 19.9. The normalized spacial score (nSPS) is 12.1. The van der Waals surface area contributed by atoms with E-state index < -0.39 is 0 Å². The molecule has 0 fully saturated rings. The standard InChI is InChI=1S/C46H41N5/c1-45(2,3)34-20-23-36-37-24-21-35(46(4,5)6)28-41(37)51(40(36)27-34)39-26-32(33-18-13-25-47-29-33)19-22-38(39)44-49-42(30-14-9-7-10-15-30)48-43(50-44)31-16-11-8-12-17-31/h7-29H,1-6H3. The van der Waals surface area contributed by atoms with Gasteiger partial charge < -0.3 is 4.57 Å². The number of aromatic nitrogens is 5. The quantitative estimate of drug-likeness (QED) is 0.184. The Labute approximate surface area is 299 Å². The Morgan fingerprint density at radius 2 is 0.961 bits per heavy atom. The van der Waals surface area contributed by atoms with Gasteiger partial charge in [-0.05, 0) is 57.9 Å². The average Bonchev–Trinajstić information content (AvgIpc) is 3.48. The summed E-state index contributed by atoms with van der Waals surface area (Å²) >= 11 is 0. The zero-order chi connectivity index (χ0) is 35.3. The van der Waals surface area contributed by atoms with E-state index in [1.165, 1.54) is 21.9 Å². The van der Waals surface area contributed by atoms with Crippen LogP contribution in [0.1, 0.15) is 52.7 Å². The molecule has 0 saturated heterocycles. The van der Waals surface area contributed by atoms with E-state index in [0.29, 0.717) is 17.5 Å². The summed E-state index contributed by atoms with van der Waals surface area (Å²) in [6.45, 7) is 13.6. The molecule has 3 aromatic heterocycles. The van der Waals surface area contributed by atoms with Gasteiger partial charge in [0.15, 0.2) is 17.5 Å². The molecule has 250 valence electrons. The van der Waals surface area contributed by atoms with Crippen LogP contribution in [0.4, 0.5) is 0 Å². The second kappa shape index (κ2) is 12.4. The fourth-order valence-corrected chi connectivity index (χ4v) is 6.76. The minimum absolute atomic E-state index is 0.0319. The topological polar surface area (TPSA) is 56.5 Å². The molecule has 0 bridgehead atoms. The number of pyridine rings is 1. The van der Waals surface area contributed by atoms with Crippen molar-refractivity contribution in [1.29, 1.82) is 0 Å². The van der Waals surface area contributed by atoms with Crippen molar-refractivity contribution in [3.63, 3.8) is 0 Å². The van der Waals surface area contributed by atoms with Crippen LogP contribution in [0.25, 0.3) is 72.8 Å². The highest BCUT2D eigenvalue weighted by atomic mass is 15.1. The molecule has 0 saturated carbocycles. The van der Waals surface area contributed by atoms with Crippen LogP contribution >= 0.6 is 0 Å². The van der Waals surface area contributed by atoms with Gasteiger partial charge >= 0.3 is 0 Å². The van der Waals surface area contributed by atoms with E-state index in [0.717, 1.165) is 44.5 Å². The largest absolute Gasteiger partial charge is 0.308 e. The van der Waals surface area contributed by atoms with Crippen molar-refractivity contribution in [2.24, 2.45) is 0 Å². The van der Waals surface area contributed by atoms with Gasteiger partial charge in [0.05, 0.1) is 16.7 Å². The van der Waals surface area contributed by atoms with E-state index in [-0.39, 0.29) is 10.8 Å². The number of rotatable bonds is 5. The first-order chi connectivity index (χ1) is 24.5. The van der Waals surface area contributed by atoms with Gasteiger partial charge in [-0.3, -0.25) is 4.98 Å². The summed E-state index contributed by atoms with van der Waals surface area (Å²) in [5.74, 6) is 1.88. The zero-order valence-electron chi connectivity index (χ0n) is 30.0. The van der Waals surface area contributed by atoms with Crippen LogP contribution in [0.2, 0.25) is 0 Å². The van der Waals surface area contributed by atoms with Gasteiger partial charge in [0.25, 0.3) is 0 Å². The monoisotopic (exact) mass is 663 g/mol. The molecule has 0 aliphatic rings. The van der Waals surface area contributed by atoms with Gasteiger partial charge in [0.2, 0.25) is 0 Å². The van der Waals surface area contributed by atoms with Gasteiger partial charge in [0, 0.05) is 45.4 Å². The molecule has 0 aliphatic carbocycles. The molecule has 0 radical (unpaired) electrons. The van der Waals surface area contributed by atoms with Crippen LogP contribution in [0.5, 0.6) is 0 Å². The van der Waals surface area contributed by atoms with Crippen molar-refractivity contribution < 1.29 is 0 Å². The molecule has 5 aromatic carbocycles. The number of hydrogen-bond donors (Lipinski definition) is 0. The maximum Gasteiger partial charge on any atom is 0.166 e. The van der Waals surface area contributed by atoms with Crippen molar-refractivity contribution in [3.05, 3.63) is 151 Å². The fourth-order valence-electron chi connectivity index (χ4n) is 6.76. The Morgan fingerprint density at radius 3 is 1.45 bits per heavy atom. The Hall–Kier alpha value is -5.94. The summed E-state index contributed by atoms with van der Waals surface area (Å²) in [6.07, 6.45) is 3.73. The molecule has 3 heterocycles. The third-order valence-corrected chi connectivity index (χ3v) is 9.67. The number of benzene rings is 5. The van der Waals surface area contributed by atoms with E-state index >= 15 is 0 Å². The van der Waals surface area contributed by atoms with E-state index in [1.807, 2.05) is 54.9 Å². The van der Waals surface area contributed by atoms with E-state index in [9.17, 15) is 0 Å². The highest BCUT2D eigenvalue weighted by Crippen LogP contribution is 2.41. The third kappa shape index (κ3) is 6.10. The number of nitrogens with zero attached hydrogens (tertiary/aromatic N) is 5. The van der Waals surface area contributed by atoms with Crippen molar-refractivity contribution in [2.75, 3.05) is 0 Å². The molecular formula is C46H41N5. The summed E-state index contributed by atoms with van der Waals surface area (Å²) in [5.41, 5.74) is 10.7. The van der Waals surface area contributed by atoms with Crippen molar-refractivity contribution in [2.45, 2.75) is 52.4 Å². The maximum atomic E-state index is 5.20. The molecule has 0 N–H and O–H groups in total. The molecule has 0 atom stereocenters. The maximum absolute atomic E-state index is 5.20. The van der Waals surface area contributed by atoms with Crippen molar-refractivity contribution in [1.82, 2.24) is 24.5 Å². The Balaban J connectivity index is 1.50. The molecular weight excluding hydrogens is 623 g/mol. The first-order valence-electron chi connectivity index (χ1n) is 17.6. The summed E-state index contributed by atoms with van der Waals surface area (Å²) < 4.78 is 2.43. The molecule has 51 heavy (non-hydrogen) atoms. The first kappa shape index (κ1) is 32.3. The van der Waals surface area contributed by atoms with Crippen LogP contribution in [-0.2, 0) is 10.8 Å². The predicted molar refractivity (Wildman–Crippen MR) is 211 cm³/mol. The van der Waals surface area contributed by atoms with Crippen LogP contribution < -0.4 is 0 Å². The van der Waals surface area contributed by atoms with Gasteiger partial charge in [-0.1, -0.05) is 139 Å². The molecule has 5 nitrogen and oxygen atoms in total. The summed E-state index contributed by atoms with van der Waals surface area (Å²) in [6, 6.07) is 44.9. The minimum atomic E-state index is -0.0319. The molecule has 0 amide bonds. The lowest BCUT2D eigenvalue weighted by molar-refractivity contribution is 0.591. The number of hydrogen-bond acceptors (Lipinski definition) is 4. The molecule has 5 heteroatoms. The summed E-state index contributed by atoms with van der Waals surface area (Å²) in [7, 11) is 0. The Bertz CT molecular complexity index is 2390. The average molecular weight is 664 g/mol. The van der Waals surface area contributed by atoms with Crippen LogP contribution in [0, 0.1) is 0 Å². The lowest BCUT2D eigenvalue weighted by Gasteiger charge is -2.21. The van der Waals surface area contributed by atoms with E-state index in [2.05, 4.69) is 136 Å². The Morgan fingerprint density at radius 1 is 0.451 bits per heavy atom. The van der Waals surface area contributed by atoms with Gasteiger partial charge in [-0.15, -0.1) is 0 Å². The second-order valence-corrected chi connectivity index (χ2v) is 15.3. The molecule has 8 rings (SSSR count). The third-order valence-electron chi connectivity index (χ3n) is 9.67. The molecule has 8 aromatic rings. The molecule has 0 unspecified atom stereocenters. The van der Waals surface area contributed by atoms with E-state index in [4.69, 9.17) is 15.0 Å². The predicted octanol–water partition coefficient (Wildman–Crippen LogP) is 11.6. The van der Waals surface area contributed by atoms with Gasteiger partial charge in [-0.25, -0.2) is 15.0 Å². The van der Waals surface area contributed by atoms with Gasteiger partial charge in [0.1, 0.15) is 0 Å². The SMILES string of the molecule is CC(C)(C)c1ccc2c3ccc(C(C)(C)C)cc3n(-c3cc(-c4cccnc4)ccc3-c3nc(-c4ccccc4)nc(-c4ccccc4)n3)c2c1. The van der Waals surface area contributed by atoms with Crippen LogP contribution in [0.15, 0.2) is 140 Å². The molecule has 0 spiro atoms. The van der Waals surface area contributed by atoms with Crippen LogP contribution in [-0.4, -0.2) is 24.5 Å². The van der Waals surface area contributed by atoms with Gasteiger partial charge in [-0.2, -0.15) is 0 Å². The fraction of sp³-hybridized carbons (Fsp3) is 0.174. The smallest absolute Gasteiger partial charge is 0.166 e. The lowest BCUT2D eigenvalue weighted by Crippen LogP contribution is -2.11. The zero-order valence-corrected chi connectivity index (χ0v) is 30.0. The highest BCUT2D eigenvalue weighted by molar-refractivity contribution is 6.10. The first-order valence-corrected chi connectivity index (χ1v) is 17.6. The Kier molecular flexibility index (Phi) is 7.87. The lowest BCUT2D eigenvalue weighted by atomic mass is 9.86. The number of fused-ring (bicyclic) bond motifs is 3. The highest BCUT2D eigenvalue weighted by Gasteiger charge is 2.24. The van der Waals surface area contributed by atoms with Crippen LogP contribution in [0.3, 0.4) is 0 Å². The molecule has 0 aliphatic heterocycles. The van der Waals surface area contributed by atoms with Crippen molar-refractivity contribution >= 4 is 21.8 Å². The summed E-state index contributed by atoms with van der Waals surface area (Å²) in [5, 5.41) is 2.42.